The fourth-order valence-corrected chi connectivity index (χ4v) is 4.44. The SMILES string of the molecule is CC[C@@H](C(=O)NCC(C)C)N(Cc1ccccc1Cl)C(=O)CC(c1ccccc1)c1ccccc1. The first-order valence-corrected chi connectivity index (χ1v) is 12.7. The molecular weight excluding hydrogens is 456 g/mol. The molecule has 2 amide bonds. The Balaban J connectivity index is 1.94. The molecule has 0 aliphatic rings. The molecule has 4 nitrogen and oxygen atoms in total. The predicted molar refractivity (Wildman–Crippen MR) is 143 cm³/mol. The Morgan fingerprint density at radius 3 is 1.91 bits per heavy atom. The summed E-state index contributed by atoms with van der Waals surface area (Å²) in [6.45, 7) is 6.90. The number of benzene rings is 3. The van der Waals surface area contributed by atoms with Crippen LogP contribution in [0.25, 0.3) is 0 Å². The van der Waals surface area contributed by atoms with E-state index in [-0.39, 0.29) is 30.7 Å². The first-order valence-electron chi connectivity index (χ1n) is 12.3. The summed E-state index contributed by atoms with van der Waals surface area (Å²) in [5, 5.41) is 3.61. The minimum atomic E-state index is -0.579. The molecular formula is C30H35ClN2O2. The van der Waals surface area contributed by atoms with E-state index in [4.69, 9.17) is 11.6 Å². The number of hydrogen-bond donors (Lipinski definition) is 1. The molecule has 0 saturated heterocycles. The van der Waals surface area contributed by atoms with Crippen LogP contribution in [0.2, 0.25) is 5.02 Å². The second-order valence-electron chi connectivity index (χ2n) is 9.25. The Morgan fingerprint density at radius 2 is 1.40 bits per heavy atom. The molecule has 184 valence electrons. The fraction of sp³-hybridized carbons (Fsp3) is 0.333. The minimum absolute atomic E-state index is 0.0748. The summed E-state index contributed by atoms with van der Waals surface area (Å²) in [5.74, 6) is 0.00587. The zero-order valence-corrected chi connectivity index (χ0v) is 21.5. The van der Waals surface area contributed by atoms with Crippen molar-refractivity contribution in [1.82, 2.24) is 10.2 Å². The maximum Gasteiger partial charge on any atom is 0.242 e. The maximum atomic E-state index is 14.0. The average molecular weight is 491 g/mol. The topological polar surface area (TPSA) is 49.4 Å². The number of nitrogens with zero attached hydrogens (tertiary/aromatic N) is 1. The number of carbonyl (C=O) groups excluding carboxylic acids is 2. The third-order valence-corrected chi connectivity index (χ3v) is 6.52. The Kier molecular flexibility index (Phi) is 9.92. The van der Waals surface area contributed by atoms with Crippen LogP contribution in [0.4, 0.5) is 0 Å². The number of hydrogen-bond acceptors (Lipinski definition) is 2. The van der Waals surface area contributed by atoms with Gasteiger partial charge in [0.2, 0.25) is 11.8 Å². The number of nitrogens with one attached hydrogen (secondary N) is 1. The van der Waals surface area contributed by atoms with E-state index in [2.05, 4.69) is 43.4 Å². The van der Waals surface area contributed by atoms with Crippen LogP contribution >= 0.6 is 11.6 Å². The van der Waals surface area contributed by atoms with E-state index in [9.17, 15) is 9.59 Å². The third-order valence-electron chi connectivity index (χ3n) is 6.15. The highest BCUT2D eigenvalue weighted by Crippen LogP contribution is 2.30. The van der Waals surface area contributed by atoms with E-state index >= 15 is 0 Å². The van der Waals surface area contributed by atoms with Crippen molar-refractivity contribution < 1.29 is 9.59 Å². The van der Waals surface area contributed by atoms with E-state index < -0.39 is 6.04 Å². The summed E-state index contributed by atoms with van der Waals surface area (Å²) in [5.41, 5.74) is 2.97. The molecule has 35 heavy (non-hydrogen) atoms. The van der Waals surface area contributed by atoms with Crippen LogP contribution in [0, 0.1) is 5.92 Å². The molecule has 0 bridgehead atoms. The summed E-state index contributed by atoms with van der Waals surface area (Å²) < 4.78 is 0. The van der Waals surface area contributed by atoms with Crippen molar-refractivity contribution in [2.45, 2.75) is 52.1 Å². The van der Waals surface area contributed by atoms with Gasteiger partial charge in [0.25, 0.3) is 0 Å². The van der Waals surface area contributed by atoms with Crippen molar-refractivity contribution in [2.75, 3.05) is 6.54 Å². The van der Waals surface area contributed by atoms with Crippen LogP contribution in [0.15, 0.2) is 84.9 Å². The zero-order chi connectivity index (χ0) is 25.2. The number of halogens is 1. The van der Waals surface area contributed by atoms with Crippen molar-refractivity contribution in [3.8, 4) is 0 Å². The summed E-state index contributed by atoms with van der Waals surface area (Å²) in [4.78, 5) is 28.9. The van der Waals surface area contributed by atoms with E-state index in [0.717, 1.165) is 16.7 Å². The van der Waals surface area contributed by atoms with Gasteiger partial charge in [-0.05, 0) is 35.1 Å². The molecule has 0 spiro atoms. The highest BCUT2D eigenvalue weighted by molar-refractivity contribution is 6.31. The highest BCUT2D eigenvalue weighted by Gasteiger charge is 2.31. The van der Waals surface area contributed by atoms with Gasteiger partial charge in [-0.1, -0.05) is 111 Å². The number of rotatable bonds is 11. The minimum Gasteiger partial charge on any atom is -0.354 e. The van der Waals surface area contributed by atoms with E-state index in [1.165, 1.54) is 0 Å². The molecule has 0 saturated carbocycles. The van der Waals surface area contributed by atoms with Gasteiger partial charge < -0.3 is 10.2 Å². The van der Waals surface area contributed by atoms with Crippen molar-refractivity contribution >= 4 is 23.4 Å². The molecule has 5 heteroatoms. The molecule has 3 aromatic rings. The molecule has 3 rings (SSSR count). The van der Waals surface area contributed by atoms with Crippen molar-refractivity contribution in [2.24, 2.45) is 5.92 Å². The van der Waals surface area contributed by atoms with Gasteiger partial charge in [-0.15, -0.1) is 0 Å². The van der Waals surface area contributed by atoms with Crippen LogP contribution in [-0.2, 0) is 16.1 Å². The number of amides is 2. The summed E-state index contributed by atoms with van der Waals surface area (Å²) in [6.07, 6.45) is 0.772. The van der Waals surface area contributed by atoms with Crippen molar-refractivity contribution in [3.05, 3.63) is 107 Å². The van der Waals surface area contributed by atoms with Crippen molar-refractivity contribution in [3.63, 3.8) is 0 Å². The fourth-order valence-electron chi connectivity index (χ4n) is 4.24. The van der Waals surface area contributed by atoms with Gasteiger partial charge in [0, 0.05) is 30.5 Å². The maximum absolute atomic E-state index is 14.0. The standard InChI is InChI=1S/C30H35ClN2O2/c1-4-28(30(35)32-20-22(2)3)33(21-25-17-11-12-18-27(25)31)29(34)19-26(23-13-7-5-8-14-23)24-15-9-6-10-16-24/h5-18,22,26,28H,4,19-21H2,1-3H3,(H,32,35)/t28-/m0/s1. The highest BCUT2D eigenvalue weighted by atomic mass is 35.5. The largest absolute Gasteiger partial charge is 0.354 e. The van der Waals surface area contributed by atoms with E-state index in [1.807, 2.05) is 67.6 Å². The molecule has 0 unspecified atom stereocenters. The first kappa shape index (κ1) is 26.5. The van der Waals surface area contributed by atoms with Crippen LogP contribution < -0.4 is 5.32 Å². The lowest BCUT2D eigenvalue weighted by Crippen LogP contribution is -2.49. The second kappa shape index (κ2) is 13.1. The van der Waals surface area contributed by atoms with E-state index in [1.54, 1.807) is 4.90 Å². The molecule has 0 radical (unpaired) electrons. The quantitative estimate of drug-likeness (QED) is 0.336. The Bertz CT molecular complexity index is 1050. The molecule has 0 aromatic heterocycles. The van der Waals surface area contributed by atoms with Crippen LogP contribution in [0.1, 0.15) is 56.2 Å². The lowest BCUT2D eigenvalue weighted by atomic mass is 9.88. The zero-order valence-electron chi connectivity index (χ0n) is 20.8. The molecule has 1 atom stereocenters. The second-order valence-corrected chi connectivity index (χ2v) is 9.66. The predicted octanol–water partition coefficient (Wildman–Crippen LogP) is 6.44. The first-order chi connectivity index (χ1) is 16.9. The Hall–Kier alpha value is -3.11. The van der Waals surface area contributed by atoms with Gasteiger partial charge >= 0.3 is 0 Å². The van der Waals surface area contributed by atoms with Crippen molar-refractivity contribution in [1.29, 1.82) is 0 Å². The normalized spacial score (nSPS) is 11.9. The summed E-state index contributed by atoms with van der Waals surface area (Å²) in [6, 6.07) is 27.0. The molecule has 1 N–H and O–H groups in total. The van der Waals surface area contributed by atoms with E-state index in [0.29, 0.717) is 23.9 Å². The van der Waals surface area contributed by atoms with Gasteiger partial charge in [0.05, 0.1) is 0 Å². The summed E-state index contributed by atoms with van der Waals surface area (Å²) >= 11 is 6.46. The molecule has 0 heterocycles. The van der Waals surface area contributed by atoms with Crippen LogP contribution in [0.5, 0.6) is 0 Å². The molecule has 3 aromatic carbocycles. The van der Waals surface area contributed by atoms with Gasteiger partial charge in [0.1, 0.15) is 6.04 Å². The molecule has 0 aliphatic carbocycles. The lowest BCUT2D eigenvalue weighted by molar-refractivity contribution is -0.141. The third kappa shape index (κ3) is 7.43. The van der Waals surface area contributed by atoms with Gasteiger partial charge in [-0.25, -0.2) is 0 Å². The smallest absolute Gasteiger partial charge is 0.242 e. The lowest BCUT2D eigenvalue weighted by Gasteiger charge is -2.32. The monoisotopic (exact) mass is 490 g/mol. The number of carbonyl (C=O) groups is 2. The molecule has 0 aliphatic heterocycles. The van der Waals surface area contributed by atoms with Gasteiger partial charge in [0.15, 0.2) is 0 Å². The Labute approximate surface area is 214 Å². The Morgan fingerprint density at radius 1 is 0.857 bits per heavy atom. The van der Waals surface area contributed by atoms with Crippen LogP contribution in [0.3, 0.4) is 0 Å². The van der Waals surface area contributed by atoms with Crippen LogP contribution in [-0.4, -0.2) is 29.3 Å². The van der Waals surface area contributed by atoms with Gasteiger partial charge in [-0.2, -0.15) is 0 Å². The summed E-state index contributed by atoms with van der Waals surface area (Å²) in [7, 11) is 0. The average Bonchev–Trinajstić information content (AvgIpc) is 2.87. The molecule has 0 fully saturated rings. The van der Waals surface area contributed by atoms with Gasteiger partial charge in [-0.3, -0.25) is 9.59 Å².